The molecule has 1 nitrogen and oxygen atoms in total. The Morgan fingerprint density at radius 1 is 1.22 bits per heavy atom. The molecule has 0 spiro atoms. The molecule has 2 radical (unpaired) electrons. The van der Waals surface area contributed by atoms with Crippen LogP contribution in [0.3, 0.4) is 0 Å². The summed E-state index contributed by atoms with van der Waals surface area (Å²) >= 11 is 3.28. The zero-order chi connectivity index (χ0) is 6.69. The van der Waals surface area contributed by atoms with E-state index in [4.69, 9.17) is 8.05 Å². The number of hydrogen-bond donors (Lipinski definition) is 0. The minimum Gasteiger partial charge on any atom is -0.568 e. The molecule has 0 unspecified atom stereocenters. The van der Waals surface area contributed by atoms with Crippen LogP contribution in [0.5, 0.6) is 5.75 Å². The smallest absolute Gasteiger partial charge is 0.374 e. The van der Waals surface area contributed by atoms with Gasteiger partial charge in [0.25, 0.3) is 0 Å². The predicted octanol–water partition coefficient (Wildman–Crippen LogP) is 1.91. The number of hydrogen-bond acceptors (Lipinski definition) is 1. The Morgan fingerprint density at radius 2 is 1.78 bits per heavy atom. The van der Waals surface area contributed by atoms with Gasteiger partial charge in [0.05, 0.1) is 5.75 Å². The Morgan fingerprint density at radius 3 is 2.22 bits per heavy atom. The van der Waals surface area contributed by atoms with E-state index in [9.17, 15) is 0 Å². The molecule has 0 aliphatic rings. The van der Waals surface area contributed by atoms with Gasteiger partial charge in [-0.1, -0.05) is 15.9 Å². The summed E-state index contributed by atoms with van der Waals surface area (Å²) in [6.07, 6.45) is 0. The maximum absolute atomic E-state index is 4.88. The third-order valence-electron chi connectivity index (χ3n) is 0.950. The first-order valence-electron chi connectivity index (χ1n) is 2.45. The first kappa shape index (κ1) is 6.68. The molecular formula is C6H4BBrO. The lowest BCUT2D eigenvalue weighted by Gasteiger charge is -1.97. The highest BCUT2D eigenvalue weighted by Crippen LogP contribution is 2.14. The van der Waals surface area contributed by atoms with Crippen LogP contribution in [0.25, 0.3) is 0 Å². The minimum absolute atomic E-state index is 0.665. The van der Waals surface area contributed by atoms with Crippen LogP contribution in [0.4, 0.5) is 0 Å². The fourth-order valence-corrected chi connectivity index (χ4v) is 0.777. The van der Waals surface area contributed by atoms with Crippen LogP contribution >= 0.6 is 15.9 Å². The summed E-state index contributed by atoms with van der Waals surface area (Å²) in [7, 11) is 4.88. The van der Waals surface area contributed by atoms with Crippen molar-refractivity contribution in [2.45, 2.75) is 0 Å². The summed E-state index contributed by atoms with van der Waals surface area (Å²) in [4.78, 5) is 0. The monoisotopic (exact) mass is 182 g/mol. The summed E-state index contributed by atoms with van der Waals surface area (Å²) in [5.41, 5.74) is 0. The van der Waals surface area contributed by atoms with E-state index in [0.29, 0.717) is 5.75 Å². The Hall–Kier alpha value is -0.435. The lowest BCUT2D eigenvalue weighted by Crippen LogP contribution is -1.82. The van der Waals surface area contributed by atoms with Crippen molar-refractivity contribution in [2.75, 3.05) is 0 Å². The standard InChI is InChI=1S/C6H4BBrO/c7-9-6-3-1-5(8)2-4-6/h1-4H. The van der Waals surface area contributed by atoms with Crippen LogP contribution in [0.2, 0.25) is 0 Å². The van der Waals surface area contributed by atoms with E-state index in [0.717, 1.165) is 4.47 Å². The molecule has 1 aromatic rings. The van der Waals surface area contributed by atoms with Crippen LogP contribution in [0.15, 0.2) is 28.7 Å². The molecule has 0 aliphatic carbocycles. The average molecular weight is 183 g/mol. The van der Waals surface area contributed by atoms with Gasteiger partial charge in [-0.3, -0.25) is 0 Å². The molecule has 44 valence electrons. The molecule has 0 N–H and O–H groups in total. The highest BCUT2D eigenvalue weighted by atomic mass is 79.9. The van der Waals surface area contributed by atoms with E-state index in [2.05, 4.69) is 20.6 Å². The van der Waals surface area contributed by atoms with Crippen LogP contribution in [0, 0.1) is 0 Å². The van der Waals surface area contributed by atoms with Gasteiger partial charge in [-0.15, -0.1) is 0 Å². The SMILES string of the molecule is [B]Oc1ccc(Br)cc1. The molecule has 0 aromatic heterocycles. The molecule has 0 amide bonds. The van der Waals surface area contributed by atoms with Crippen molar-refractivity contribution in [3.05, 3.63) is 28.7 Å². The highest BCUT2D eigenvalue weighted by molar-refractivity contribution is 9.10. The van der Waals surface area contributed by atoms with Crippen molar-refractivity contribution in [3.63, 3.8) is 0 Å². The number of benzene rings is 1. The predicted molar refractivity (Wildman–Crippen MR) is 40.5 cm³/mol. The molecule has 3 heteroatoms. The van der Waals surface area contributed by atoms with E-state index < -0.39 is 0 Å². The Labute approximate surface area is 63.6 Å². The largest absolute Gasteiger partial charge is 0.568 e. The van der Waals surface area contributed by atoms with Gasteiger partial charge in [0.2, 0.25) is 0 Å². The summed E-state index contributed by atoms with van der Waals surface area (Å²) in [6.45, 7) is 0. The fourth-order valence-electron chi connectivity index (χ4n) is 0.513. The van der Waals surface area contributed by atoms with Crippen LogP contribution < -0.4 is 4.65 Å². The fraction of sp³-hybridized carbons (Fsp3) is 0. The van der Waals surface area contributed by atoms with E-state index >= 15 is 0 Å². The molecule has 0 aliphatic heterocycles. The molecule has 0 saturated heterocycles. The van der Waals surface area contributed by atoms with Gasteiger partial charge >= 0.3 is 8.05 Å². The molecule has 0 saturated carbocycles. The molecule has 0 bridgehead atoms. The quantitative estimate of drug-likeness (QED) is 0.604. The number of halogens is 1. The first-order valence-corrected chi connectivity index (χ1v) is 3.24. The minimum atomic E-state index is 0.665. The lowest BCUT2D eigenvalue weighted by molar-refractivity contribution is 0.616. The van der Waals surface area contributed by atoms with Gasteiger partial charge < -0.3 is 4.65 Å². The van der Waals surface area contributed by atoms with Gasteiger partial charge in [0.15, 0.2) is 0 Å². The summed E-state index contributed by atoms with van der Waals surface area (Å²) in [6, 6.07) is 7.29. The van der Waals surface area contributed by atoms with Crippen LogP contribution in [0.1, 0.15) is 0 Å². The Kier molecular flexibility index (Phi) is 2.17. The van der Waals surface area contributed by atoms with Gasteiger partial charge in [-0.05, 0) is 24.3 Å². The van der Waals surface area contributed by atoms with Crippen molar-refractivity contribution in [3.8, 4) is 5.75 Å². The van der Waals surface area contributed by atoms with E-state index in [1.54, 1.807) is 12.1 Å². The normalized spacial score (nSPS) is 9.00. The Balaban J connectivity index is 2.88. The second kappa shape index (κ2) is 2.92. The second-order valence-electron chi connectivity index (χ2n) is 1.57. The van der Waals surface area contributed by atoms with E-state index in [-0.39, 0.29) is 0 Å². The zero-order valence-corrected chi connectivity index (χ0v) is 6.26. The molecule has 0 heterocycles. The average Bonchev–Trinajstić information content (AvgIpc) is 1.90. The molecule has 1 rings (SSSR count). The highest BCUT2D eigenvalue weighted by Gasteiger charge is 1.86. The van der Waals surface area contributed by atoms with Gasteiger partial charge in [-0.25, -0.2) is 0 Å². The maximum Gasteiger partial charge on any atom is 0.374 e. The third kappa shape index (κ3) is 1.75. The van der Waals surface area contributed by atoms with Crippen molar-refractivity contribution < 1.29 is 4.65 Å². The molecular weight excluding hydrogens is 179 g/mol. The number of rotatable bonds is 1. The summed E-state index contributed by atoms with van der Waals surface area (Å²) in [5.74, 6) is 0.665. The molecule has 1 aromatic carbocycles. The van der Waals surface area contributed by atoms with E-state index in [1.807, 2.05) is 12.1 Å². The van der Waals surface area contributed by atoms with Crippen molar-refractivity contribution in [1.29, 1.82) is 0 Å². The maximum atomic E-state index is 4.88. The lowest BCUT2D eigenvalue weighted by atomic mass is 10.3. The third-order valence-corrected chi connectivity index (χ3v) is 1.48. The van der Waals surface area contributed by atoms with Crippen molar-refractivity contribution in [1.82, 2.24) is 0 Å². The molecule has 9 heavy (non-hydrogen) atoms. The van der Waals surface area contributed by atoms with Crippen molar-refractivity contribution in [2.24, 2.45) is 0 Å². The second-order valence-corrected chi connectivity index (χ2v) is 2.49. The molecule has 0 fully saturated rings. The molecule has 0 atom stereocenters. The van der Waals surface area contributed by atoms with E-state index in [1.165, 1.54) is 0 Å². The van der Waals surface area contributed by atoms with Crippen molar-refractivity contribution >= 4 is 24.0 Å². The van der Waals surface area contributed by atoms with Gasteiger partial charge in [0, 0.05) is 4.47 Å². The van der Waals surface area contributed by atoms with Gasteiger partial charge in [-0.2, -0.15) is 0 Å². The van der Waals surface area contributed by atoms with Gasteiger partial charge in [0.1, 0.15) is 0 Å². The zero-order valence-electron chi connectivity index (χ0n) is 4.67. The van der Waals surface area contributed by atoms with Crippen LogP contribution in [-0.2, 0) is 0 Å². The first-order chi connectivity index (χ1) is 4.33. The summed E-state index contributed by atoms with van der Waals surface area (Å²) in [5, 5.41) is 0. The summed E-state index contributed by atoms with van der Waals surface area (Å²) < 4.78 is 5.47. The Bertz CT molecular complexity index is 185. The topological polar surface area (TPSA) is 9.23 Å². The van der Waals surface area contributed by atoms with Crippen LogP contribution in [-0.4, -0.2) is 8.05 Å².